The number of hydrogen-bond donors (Lipinski definition) is 1. The van der Waals surface area contributed by atoms with Crippen LogP contribution >= 0.6 is 27.7 Å². The first-order chi connectivity index (χ1) is 15.2. The van der Waals surface area contributed by atoms with Crippen molar-refractivity contribution in [1.82, 2.24) is 0 Å². The SMILES string of the molecule is COc1cc(C2=Nc3ccccc3SC(c3ccc(Br)cc3)C2)ccc1OCCCO. The molecule has 0 aliphatic carbocycles. The number of aliphatic hydroxyl groups excluding tert-OH is 1. The Kier molecular flexibility index (Phi) is 7.33. The Bertz CT molecular complexity index is 1070. The summed E-state index contributed by atoms with van der Waals surface area (Å²) in [4.78, 5) is 6.22. The highest BCUT2D eigenvalue weighted by Crippen LogP contribution is 2.46. The van der Waals surface area contributed by atoms with Crippen molar-refractivity contribution in [3.8, 4) is 11.5 Å². The van der Waals surface area contributed by atoms with E-state index >= 15 is 0 Å². The molecule has 31 heavy (non-hydrogen) atoms. The maximum atomic E-state index is 8.99. The third-order valence-corrected chi connectivity index (χ3v) is 6.92. The second-order valence-electron chi connectivity index (χ2n) is 7.18. The number of methoxy groups -OCH3 is 1. The largest absolute Gasteiger partial charge is 0.493 e. The predicted octanol–water partition coefficient (Wildman–Crippen LogP) is 6.58. The summed E-state index contributed by atoms with van der Waals surface area (Å²) in [5.74, 6) is 1.34. The van der Waals surface area contributed by atoms with Gasteiger partial charge in [-0.1, -0.05) is 40.2 Å². The van der Waals surface area contributed by atoms with Crippen molar-refractivity contribution < 1.29 is 14.6 Å². The topological polar surface area (TPSA) is 51.0 Å². The number of aliphatic hydroxyl groups is 1. The molecule has 4 rings (SSSR count). The summed E-state index contributed by atoms with van der Waals surface area (Å²) >= 11 is 5.39. The molecule has 0 aromatic heterocycles. The summed E-state index contributed by atoms with van der Waals surface area (Å²) in [6.07, 6.45) is 1.38. The van der Waals surface area contributed by atoms with Gasteiger partial charge in [0.2, 0.25) is 0 Å². The number of hydrogen-bond acceptors (Lipinski definition) is 5. The fraction of sp³-hybridized carbons (Fsp3) is 0.240. The molecular weight excluding hydrogens is 474 g/mol. The number of rotatable bonds is 7. The molecule has 1 atom stereocenters. The van der Waals surface area contributed by atoms with E-state index in [9.17, 15) is 0 Å². The number of halogens is 1. The number of thioether (sulfide) groups is 1. The quantitative estimate of drug-likeness (QED) is 0.374. The summed E-state index contributed by atoms with van der Waals surface area (Å²) in [5, 5.41) is 9.25. The zero-order valence-corrected chi connectivity index (χ0v) is 19.7. The smallest absolute Gasteiger partial charge is 0.161 e. The molecule has 160 valence electrons. The van der Waals surface area contributed by atoms with E-state index in [0.29, 0.717) is 24.5 Å². The van der Waals surface area contributed by atoms with Crippen molar-refractivity contribution in [3.63, 3.8) is 0 Å². The van der Waals surface area contributed by atoms with E-state index in [4.69, 9.17) is 19.6 Å². The number of ether oxygens (including phenoxy) is 2. The first-order valence-electron chi connectivity index (χ1n) is 10.2. The van der Waals surface area contributed by atoms with Crippen LogP contribution in [0.4, 0.5) is 5.69 Å². The lowest BCUT2D eigenvalue weighted by molar-refractivity contribution is 0.228. The summed E-state index contributed by atoms with van der Waals surface area (Å²) in [6.45, 7) is 0.550. The Hall–Kier alpha value is -2.28. The van der Waals surface area contributed by atoms with Crippen LogP contribution in [0.3, 0.4) is 0 Å². The number of nitrogens with zero attached hydrogens (tertiary/aromatic N) is 1. The molecule has 3 aromatic rings. The molecule has 0 radical (unpaired) electrons. The van der Waals surface area contributed by atoms with Crippen LogP contribution in [0.15, 0.2) is 81.1 Å². The van der Waals surface area contributed by atoms with E-state index in [0.717, 1.165) is 27.9 Å². The van der Waals surface area contributed by atoms with E-state index in [2.05, 4.69) is 58.4 Å². The van der Waals surface area contributed by atoms with E-state index in [1.807, 2.05) is 36.0 Å². The average Bonchev–Trinajstić information content (AvgIpc) is 2.99. The molecule has 3 aromatic carbocycles. The van der Waals surface area contributed by atoms with Gasteiger partial charge >= 0.3 is 0 Å². The van der Waals surface area contributed by atoms with Crippen molar-refractivity contribution in [2.24, 2.45) is 4.99 Å². The summed E-state index contributed by atoms with van der Waals surface area (Å²) in [5.41, 5.74) is 4.30. The first-order valence-corrected chi connectivity index (χ1v) is 11.9. The molecule has 1 N–H and O–H groups in total. The van der Waals surface area contributed by atoms with Crippen molar-refractivity contribution in [2.75, 3.05) is 20.3 Å². The van der Waals surface area contributed by atoms with E-state index in [1.165, 1.54) is 10.5 Å². The molecular formula is C25H24BrNO3S. The van der Waals surface area contributed by atoms with Crippen molar-refractivity contribution in [1.29, 1.82) is 0 Å². The third-order valence-electron chi connectivity index (χ3n) is 5.07. The van der Waals surface area contributed by atoms with Gasteiger partial charge in [0.1, 0.15) is 0 Å². The van der Waals surface area contributed by atoms with Gasteiger partial charge in [-0.3, -0.25) is 4.99 Å². The minimum atomic E-state index is 0.103. The normalized spacial score (nSPS) is 15.6. The van der Waals surface area contributed by atoms with Crippen LogP contribution in [-0.2, 0) is 0 Å². The fourth-order valence-corrected chi connectivity index (χ4v) is 4.97. The molecule has 0 saturated heterocycles. The van der Waals surface area contributed by atoms with Gasteiger partial charge in [0.15, 0.2) is 11.5 Å². The Morgan fingerprint density at radius 1 is 1.06 bits per heavy atom. The lowest BCUT2D eigenvalue weighted by Gasteiger charge is -2.17. The number of para-hydroxylation sites is 1. The highest BCUT2D eigenvalue weighted by atomic mass is 79.9. The van der Waals surface area contributed by atoms with Gasteiger partial charge in [-0.05, 0) is 53.6 Å². The molecule has 4 nitrogen and oxygen atoms in total. The standard InChI is InChI=1S/C25H24BrNO3S/c1-29-23-15-18(9-12-22(23)30-14-4-13-28)21-16-25(17-7-10-19(26)11-8-17)31-24-6-3-2-5-20(24)27-21/h2-3,5-12,15,25,28H,4,13-14,16H2,1H3. The molecule has 0 saturated carbocycles. The molecule has 1 heterocycles. The minimum Gasteiger partial charge on any atom is -0.493 e. The van der Waals surface area contributed by atoms with E-state index in [-0.39, 0.29) is 11.9 Å². The van der Waals surface area contributed by atoms with Crippen LogP contribution < -0.4 is 9.47 Å². The molecule has 1 aliphatic heterocycles. The molecule has 6 heteroatoms. The lowest BCUT2D eigenvalue weighted by atomic mass is 10.0. The molecule has 1 aliphatic rings. The number of aliphatic imine (C=N–C) groups is 1. The second-order valence-corrected chi connectivity index (χ2v) is 9.34. The van der Waals surface area contributed by atoms with Gasteiger partial charge in [-0.15, -0.1) is 11.8 Å². The van der Waals surface area contributed by atoms with E-state index in [1.54, 1.807) is 7.11 Å². The van der Waals surface area contributed by atoms with Crippen molar-refractivity contribution in [3.05, 3.63) is 82.3 Å². The summed E-state index contributed by atoms with van der Waals surface area (Å²) < 4.78 is 12.4. The van der Waals surface area contributed by atoms with Crippen LogP contribution in [0.2, 0.25) is 0 Å². The average molecular weight is 498 g/mol. The lowest BCUT2D eigenvalue weighted by Crippen LogP contribution is -2.07. The van der Waals surface area contributed by atoms with Gasteiger partial charge in [-0.2, -0.15) is 0 Å². The van der Waals surface area contributed by atoms with Gasteiger partial charge in [0.05, 0.1) is 19.4 Å². The summed E-state index contributed by atoms with van der Waals surface area (Å²) in [7, 11) is 1.64. The third kappa shape index (κ3) is 5.32. The molecule has 0 spiro atoms. The van der Waals surface area contributed by atoms with Gasteiger partial charge in [0, 0.05) is 39.8 Å². The van der Waals surface area contributed by atoms with Crippen LogP contribution in [-0.4, -0.2) is 31.1 Å². The fourth-order valence-electron chi connectivity index (χ4n) is 3.47. The van der Waals surface area contributed by atoms with Crippen molar-refractivity contribution >= 4 is 39.1 Å². The van der Waals surface area contributed by atoms with Gasteiger partial charge in [0.25, 0.3) is 0 Å². The maximum absolute atomic E-state index is 8.99. The van der Waals surface area contributed by atoms with Crippen molar-refractivity contribution in [2.45, 2.75) is 23.0 Å². The zero-order valence-electron chi connectivity index (χ0n) is 17.3. The van der Waals surface area contributed by atoms with Gasteiger partial charge < -0.3 is 14.6 Å². The highest BCUT2D eigenvalue weighted by Gasteiger charge is 2.23. The highest BCUT2D eigenvalue weighted by molar-refractivity contribution is 9.10. The zero-order chi connectivity index (χ0) is 21.6. The van der Waals surface area contributed by atoms with Crippen LogP contribution in [0.25, 0.3) is 0 Å². The Labute approximate surface area is 195 Å². The predicted molar refractivity (Wildman–Crippen MR) is 130 cm³/mol. The van der Waals surface area contributed by atoms with Crippen LogP contribution in [0.1, 0.15) is 29.2 Å². The monoisotopic (exact) mass is 497 g/mol. The van der Waals surface area contributed by atoms with Crippen LogP contribution in [0.5, 0.6) is 11.5 Å². The van der Waals surface area contributed by atoms with E-state index < -0.39 is 0 Å². The second kappa shape index (κ2) is 10.4. The molecule has 0 amide bonds. The first kappa shape index (κ1) is 21.9. The number of benzene rings is 3. The minimum absolute atomic E-state index is 0.103. The molecule has 1 unspecified atom stereocenters. The maximum Gasteiger partial charge on any atom is 0.161 e. The molecule has 0 bridgehead atoms. The Balaban J connectivity index is 1.70. The van der Waals surface area contributed by atoms with Crippen LogP contribution in [0, 0.1) is 0 Å². The Morgan fingerprint density at radius 2 is 1.87 bits per heavy atom. The number of fused-ring (bicyclic) bond motifs is 1. The Morgan fingerprint density at radius 3 is 2.65 bits per heavy atom. The summed E-state index contributed by atoms with van der Waals surface area (Å²) in [6, 6.07) is 22.8. The van der Waals surface area contributed by atoms with Gasteiger partial charge in [-0.25, -0.2) is 0 Å². The molecule has 0 fully saturated rings.